The minimum atomic E-state index is -0.734. The lowest BCUT2D eigenvalue weighted by atomic mass is 10.1. The lowest BCUT2D eigenvalue weighted by Gasteiger charge is -2.11. The SMILES string of the molecule is CCOC(=O)/C(C#N)=C/c1ccc(-c2cc(Cl)ccc2C(=O)OC(C)C)o1. The van der Waals surface area contributed by atoms with Crippen molar-refractivity contribution in [1.29, 1.82) is 5.26 Å². The molecule has 140 valence electrons. The monoisotopic (exact) mass is 387 g/mol. The number of nitrogens with zero attached hydrogens (tertiary/aromatic N) is 1. The fourth-order valence-corrected chi connectivity index (χ4v) is 2.41. The second kappa shape index (κ2) is 9.06. The van der Waals surface area contributed by atoms with Crippen molar-refractivity contribution in [2.45, 2.75) is 26.9 Å². The molecule has 2 aromatic rings. The number of hydrogen-bond acceptors (Lipinski definition) is 6. The van der Waals surface area contributed by atoms with Gasteiger partial charge < -0.3 is 13.9 Å². The Morgan fingerprint density at radius 2 is 2.04 bits per heavy atom. The molecule has 0 bridgehead atoms. The number of ether oxygens (including phenoxy) is 2. The third-order valence-corrected chi connectivity index (χ3v) is 3.57. The van der Waals surface area contributed by atoms with Crippen molar-refractivity contribution in [2.75, 3.05) is 6.61 Å². The van der Waals surface area contributed by atoms with Gasteiger partial charge in [-0.25, -0.2) is 9.59 Å². The number of esters is 2. The first-order valence-corrected chi connectivity index (χ1v) is 8.63. The number of carbonyl (C=O) groups excluding carboxylic acids is 2. The average molecular weight is 388 g/mol. The van der Waals surface area contributed by atoms with Crippen molar-refractivity contribution in [3.63, 3.8) is 0 Å². The number of carbonyl (C=O) groups is 2. The van der Waals surface area contributed by atoms with Gasteiger partial charge in [-0.2, -0.15) is 5.26 Å². The highest BCUT2D eigenvalue weighted by atomic mass is 35.5. The van der Waals surface area contributed by atoms with E-state index in [1.165, 1.54) is 6.08 Å². The largest absolute Gasteiger partial charge is 0.462 e. The summed E-state index contributed by atoms with van der Waals surface area (Å²) in [6.07, 6.45) is 0.997. The Labute approximate surface area is 161 Å². The molecule has 0 aliphatic carbocycles. The Hall–Kier alpha value is -3.04. The van der Waals surface area contributed by atoms with Gasteiger partial charge in [0.15, 0.2) is 0 Å². The molecule has 0 amide bonds. The summed E-state index contributed by atoms with van der Waals surface area (Å²) < 4.78 is 15.7. The zero-order chi connectivity index (χ0) is 20.0. The summed E-state index contributed by atoms with van der Waals surface area (Å²) in [5, 5.41) is 9.53. The molecule has 0 unspecified atom stereocenters. The van der Waals surface area contributed by atoms with Crippen LogP contribution >= 0.6 is 11.6 Å². The number of benzene rings is 1. The lowest BCUT2D eigenvalue weighted by molar-refractivity contribution is -0.137. The van der Waals surface area contributed by atoms with Crippen molar-refractivity contribution >= 4 is 29.6 Å². The quantitative estimate of drug-likeness (QED) is 0.407. The maximum absolute atomic E-state index is 12.3. The topological polar surface area (TPSA) is 89.5 Å². The van der Waals surface area contributed by atoms with Gasteiger partial charge in [-0.15, -0.1) is 0 Å². The second-order valence-corrected chi connectivity index (χ2v) is 6.17. The number of rotatable bonds is 6. The number of hydrogen-bond donors (Lipinski definition) is 0. The molecule has 0 radical (unpaired) electrons. The van der Waals surface area contributed by atoms with Crippen LogP contribution in [0.25, 0.3) is 17.4 Å². The lowest BCUT2D eigenvalue weighted by Crippen LogP contribution is -2.12. The van der Waals surface area contributed by atoms with Gasteiger partial charge in [-0.1, -0.05) is 11.6 Å². The zero-order valence-electron chi connectivity index (χ0n) is 15.1. The molecular formula is C20H18ClNO5. The predicted octanol–water partition coefficient (Wildman–Crippen LogP) is 4.64. The maximum atomic E-state index is 12.3. The van der Waals surface area contributed by atoms with Crippen LogP contribution in [0.15, 0.2) is 40.3 Å². The summed E-state index contributed by atoms with van der Waals surface area (Å²) in [5.74, 6) is -0.630. The van der Waals surface area contributed by atoms with Gasteiger partial charge in [0.25, 0.3) is 0 Å². The van der Waals surface area contributed by atoms with Gasteiger partial charge in [0.05, 0.1) is 18.3 Å². The molecule has 6 nitrogen and oxygen atoms in total. The molecule has 1 heterocycles. The Balaban J connectivity index is 2.41. The minimum Gasteiger partial charge on any atom is -0.462 e. The van der Waals surface area contributed by atoms with E-state index in [1.807, 2.05) is 0 Å². The van der Waals surface area contributed by atoms with E-state index in [4.69, 9.17) is 30.8 Å². The maximum Gasteiger partial charge on any atom is 0.349 e. The first kappa shape index (κ1) is 20.3. The molecule has 0 aliphatic heterocycles. The standard InChI is InChI=1S/C20H18ClNO5/c1-4-25-19(23)13(11-22)9-15-6-8-18(27-15)17-10-14(21)5-7-16(17)20(24)26-12(2)3/h5-10,12H,4H2,1-3H3/b13-9+. The zero-order valence-corrected chi connectivity index (χ0v) is 15.9. The van der Waals surface area contributed by atoms with Crippen LogP contribution in [-0.2, 0) is 14.3 Å². The third kappa shape index (κ3) is 5.22. The van der Waals surface area contributed by atoms with Crippen molar-refractivity contribution in [3.05, 3.63) is 52.3 Å². The molecule has 1 aromatic heterocycles. The molecule has 7 heteroatoms. The van der Waals surface area contributed by atoms with E-state index in [0.29, 0.717) is 21.9 Å². The summed E-state index contributed by atoms with van der Waals surface area (Å²) in [6.45, 7) is 5.31. The molecule has 0 atom stereocenters. The van der Waals surface area contributed by atoms with Crippen molar-refractivity contribution < 1.29 is 23.5 Å². The van der Waals surface area contributed by atoms with E-state index in [1.54, 1.807) is 57.2 Å². The molecule has 0 N–H and O–H groups in total. The van der Waals surface area contributed by atoms with Gasteiger partial charge in [0.1, 0.15) is 23.2 Å². The van der Waals surface area contributed by atoms with Crippen molar-refractivity contribution in [2.24, 2.45) is 0 Å². The van der Waals surface area contributed by atoms with Crippen LogP contribution in [0.1, 0.15) is 36.9 Å². The summed E-state index contributed by atoms with van der Waals surface area (Å²) >= 11 is 6.06. The van der Waals surface area contributed by atoms with E-state index in [2.05, 4.69) is 0 Å². The first-order valence-electron chi connectivity index (χ1n) is 8.25. The molecule has 1 aromatic carbocycles. The van der Waals surface area contributed by atoms with Crippen LogP contribution < -0.4 is 0 Å². The van der Waals surface area contributed by atoms with Gasteiger partial charge in [-0.3, -0.25) is 0 Å². The van der Waals surface area contributed by atoms with E-state index in [9.17, 15) is 9.59 Å². The second-order valence-electron chi connectivity index (χ2n) is 5.74. The van der Waals surface area contributed by atoms with E-state index >= 15 is 0 Å². The third-order valence-electron chi connectivity index (χ3n) is 3.34. The van der Waals surface area contributed by atoms with Crippen LogP contribution in [0.4, 0.5) is 0 Å². The number of halogens is 1. The smallest absolute Gasteiger partial charge is 0.349 e. The Bertz CT molecular complexity index is 921. The van der Waals surface area contributed by atoms with E-state index in [-0.39, 0.29) is 24.0 Å². The molecule has 0 aliphatic rings. The molecule has 2 rings (SSSR count). The fraction of sp³-hybridized carbons (Fsp3) is 0.250. The van der Waals surface area contributed by atoms with Gasteiger partial charge >= 0.3 is 11.9 Å². The van der Waals surface area contributed by atoms with Crippen LogP contribution in [0.5, 0.6) is 0 Å². The van der Waals surface area contributed by atoms with E-state index in [0.717, 1.165) is 0 Å². The normalized spacial score (nSPS) is 11.2. The Morgan fingerprint density at radius 3 is 2.67 bits per heavy atom. The molecule has 0 saturated carbocycles. The molecule has 0 fully saturated rings. The highest BCUT2D eigenvalue weighted by Gasteiger charge is 2.19. The molecule has 27 heavy (non-hydrogen) atoms. The first-order chi connectivity index (χ1) is 12.8. The number of furan rings is 1. The van der Waals surface area contributed by atoms with Crippen LogP contribution in [0.3, 0.4) is 0 Å². The Morgan fingerprint density at radius 1 is 1.30 bits per heavy atom. The number of nitriles is 1. The van der Waals surface area contributed by atoms with E-state index < -0.39 is 11.9 Å². The minimum absolute atomic E-state index is 0.158. The Kier molecular flexibility index (Phi) is 6.80. The average Bonchev–Trinajstić information content (AvgIpc) is 3.07. The summed E-state index contributed by atoms with van der Waals surface area (Å²) in [7, 11) is 0. The van der Waals surface area contributed by atoms with Gasteiger partial charge in [0, 0.05) is 16.7 Å². The molecule has 0 saturated heterocycles. The fourth-order valence-electron chi connectivity index (χ4n) is 2.24. The summed E-state index contributed by atoms with van der Waals surface area (Å²) in [5.41, 5.74) is 0.551. The highest BCUT2D eigenvalue weighted by molar-refractivity contribution is 6.31. The predicted molar refractivity (Wildman–Crippen MR) is 99.9 cm³/mol. The van der Waals surface area contributed by atoms with Gasteiger partial charge in [-0.05, 0) is 51.1 Å². The summed E-state index contributed by atoms with van der Waals surface area (Å²) in [6, 6.07) is 9.69. The van der Waals surface area contributed by atoms with Crippen molar-refractivity contribution in [1.82, 2.24) is 0 Å². The molecular weight excluding hydrogens is 370 g/mol. The van der Waals surface area contributed by atoms with Crippen LogP contribution in [0, 0.1) is 11.3 Å². The van der Waals surface area contributed by atoms with Crippen LogP contribution in [0.2, 0.25) is 5.02 Å². The summed E-state index contributed by atoms with van der Waals surface area (Å²) in [4.78, 5) is 24.0. The molecule has 0 spiro atoms. The van der Waals surface area contributed by atoms with Gasteiger partial charge in [0.2, 0.25) is 0 Å². The van der Waals surface area contributed by atoms with Crippen molar-refractivity contribution in [3.8, 4) is 17.4 Å². The highest BCUT2D eigenvalue weighted by Crippen LogP contribution is 2.30. The van der Waals surface area contributed by atoms with Crippen LogP contribution in [-0.4, -0.2) is 24.6 Å².